The largest absolute Gasteiger partial charge is 0.497 e. The number of rotatable bonds is 5. The molecule has 0 radical (unpaired) electrons. The standard InChI is InChI=1S/C26H25N7O3/c1-12-22(13(2)36-32-12)18-10-19-16(11-21(18)35-6)23-25(29-19)27-14(3)28-26(23)30-24-17-9-15(34-5)7-8-20(17)33(4)31-24/h7-11H,1-6H3,(H2,27,28,29,30,31). The number of aromatic amines is 1. The molecule has 0 spiro atoms. The van der Waals surface area contributed by atoms with Gasteiger partial charge in [0, 0.05) is 28.9 Å². The lowest BCUT2D eigenvalue weighted by Crippen LogP contribution is -2.00. The first-order valence-corrected chi connectivity index (χ1v) is 11.5. The summed E-state index contributed by atoms with van der Waals surface area (Å²) < 4.78 is 18.5. The number of benzene rings is 2. The van der Waals surface area contributed by atoms with Gasteiger partial charge in [-0.05, 0) is 51.1 Å². The van der Waals surface area contributed by atoms with Gasteiger partial charge in [-0.25, -0.2) is 9.97 Å². The zero-order valence-corrected chi connectivity index (χ0v) is 20.8. The maximum Gasteiger partial charge on any atom is 0.161 e. The monoisotopic (exact) mass is 483 g/mol. The van der Waals surface area contributed by atoms with Crippen molar-refractivity contribution in [3.05, 3.63) is 47.6 Å². The number of methoxy groups -OCH3 is 2. The van der Waals surface area contributed by atoms with E-state index in [1.54, 1.807) is 14.2 Å². The van der Waals surface area contributed by atoms with Crippen molar-refractivity contribution in [3.8, 4) is 22.6 Å². The SMILES string of the molecule is COc1ccc2c(c1)c(Nc1nc(C)nc3[nH]c4cc(-c5c(C)noc5C)c(OC)cc4c13)nn2C. The van der Waals surface area contributed by atoms with Crippen molar-refractivity contribution in [2.45, 2.75) is 20.8 Å². The van der Waals surface area contributed by atoms with E-state index in [-0.39, 0.29) is 0 Å². The molecule has 2 N–H and O–H groups in total. The van der Waals surface area contributed by atoms with Gasteiger partial charge in [-0.15, -0.1) is 0 Å². The Morgan fingerprint density at radius 1 is 0.972 bits per heavy atom. The lowest BCUT2D eigenvalue weighted by molar-refractivity contribution is 0.393. The molecule has 0 saturated carbocycles. The van der Waals surface area contributed by atoms with Crippen LogP contribution in [0.3, 0.4) is 0 Å². The summed E-state index contributed by atoms with van der Waals surface area (Å²) in [7, 11) is 5.22. The predicted octanol–water partition coefficient (Wildman–Crippen LogP) is 5.34. The topological polar surface area (TPSA) is 116 Å². The maximum atomic E-state index is 5.80. The summed E-state index contributed by atoms with van der Waals surface area (Å²) in [6, 6.07) is 9.91. The number of nitrogens with zero attached hydrogens (tertiary/aromatic N) is 5. The molecule has 10 nitrogen and oxygen atoms in total. The van der Waals surface area contributed by atoms with Crippen LogP contribution in [0.2, 0.25) is 0 Å². The van der Waals surface area contributed by atoms with E-state index in [1.165, 1.54) is 0 Å². The Morgan fingerprint density at radius 2 is 1.81 bits per heavy atom. The second kappa shape index (κ2) is 7.98. The Hall–Kier alpha value is -4.60. The molecule has 0 aliphatic rings. The van der Waals surface area contributed by atoms with E-state index in [4.69, 9.17) is 24.1 Å². The van der Waals surface area contributed by atoms with E-state index in [1.807, 2.05) is 62.8 Å². The number of ether oxygens (including phenoxy) is 2. The van der Waals surface area contributed by atoms with Crippen LogP contribution < -0.4 is 14.8 Å². The van der Waals surface area contributed by atoms with Crippen LogP contribution in [-0.2, 0) is 7.05 Å². The third-order valence-corrected chi connectivity index (χ3v) is 6.48. The van der Waals surface area contributed by atoms with Crippen molar-refractivity contribution >= 4 is 44.5 Å². The molecule has 6 aromatic rings. The van der Waals surface area contributed by atoms with Gasteiger partial charge >= 0.3 is 0 Å². The smallest absolute Gasteiger partial charge is 0.161 e. The van der Waals surface area contributed by atoms with Gasteiger partial charge in [0.1, 0.15) is 34.5 Å². The maximum absolute atomic E-state index is 5.80. The van der Waals surface area contributed by atoms with E-state index >= 15 is 0 Å². The molecule has 4 aromatic heterocycles. The molecule has 10 heteroatoms. The van der Waals surface area contributed by atoms with Crippen molar-refractivity contribution in [1.82, 2.24) is 29.9 Å². The quantitative estimate of drug-likeness (QED) is 0.338. The van der Waals surface area contributed by atoms with Crippen LogP contribution in [0.25, 0.3) is 44.0 Å². The minimum absolute atomic E-state index is 0.632. The minimum Gasteiger partial charge on any atom is -0.497 e. The van der Waals surface area contributed by atoms with E-state index in [0.29, 0.717) is 23.2 Å². The summed E-state index contributed by atoms with van der Waals surface area (Å²) in [6.07, 6.45) is 0. The molecule has 4 heterocycles. The summed E-state index contributed by atoms with van der Waals surface area (Å²) in [5, 5.41) is 15.0. The minimum atomic E-state index is 0.632. The van der Waals surface area contributed by atoms with Crippen LogP contribution in [0.5, 0.6) is 11.5 Å². The first-order chi connectivity index (χ1) is 17.4. The first kappa shape index (κ1) is 21.9. The van der Waals surface area contributed by atoms with Gasteiger partial charge in [-0.1, -0.05) is 5.16 Å². The van der Waals surface area contributed by atoms with Crippen molar-refractivity contribution in [2.24, 2.45) is 7.05 Å². The number of anilines is 2. The van der Waals surface area contributed by atoms with Crippen LogP contribution >= 0.6 is 0 Å². The van der Waals surface area contributed by atoms with Gasteiger partial charge in [0.2, 0.25) is 0 Å². The Labute approximate surface area is 206 Å². The lowest BCUT2D eigenvalue weighted by Gasteiger charge is -2.10. The molecule has 2 aromatic carbocycles. The second-order valence-electron chi connectivity index (χ2n) is 8.75. The van der Waals surface area contributed by atoms with Crippen molar-refractivity contribution in [3.63, 3.8) is 0 Å². The molecule has 0 bridgehead atoms. The fourth-order valence-electron chi connectivity index (χ4n) is 4.83. The third-order valence-electron chi connectivity index (χ3n) is 6.48. The van der Waals surface area contributed by atoms with Gasteiger partial charge in [0.25, 0.3) is 0 Å². The van der Waals surface area contributed by atoms with Gasteiger partial charge < -0.3 is 24.3 Å². The molecule has 0 unspecified atom stereocenters. The number of H-pyrrole nitrogens is 1. The third kappa shape index (κ3) is 3.25. The zero-order valence-electron chi connectivity index (χ0n) is 20.8. The average Bonchev–Trinajstić information content (AvgIpc) is 3.49. The summed E-state index contributed by atoms with van der Waals surface area (Å²) in [5.41, 5.74) is 5.21. The number of aromatic nitrogens is 6. The van der Waals surface area contributed by atoms with Crippen LogP contribution in [0.15, 0.2) is 34.9 Å². The van der Waals surface area contributed by atoms with E-state index in [9.17, 15) is 0 Å². The number of hydrogen-bond donors (Lipinski definition) is 2. The predicted molar refractivity (Wildman–Crippen MR) is 138 cm³/mol. The van der Waals surface area contributed by atoms with Gasteiger partial charge in [0.05, 0.1) is 36.4 Å². The van der Waals surface area contributed by atoms with Crippen molar-refractivity contribution < 1.29 is 14.0 Å². The molecule has 182 valence electrons. The van der Waals surface area contributed by atoms with Crippen molar-refractivity contribution in [2.75, 3.05) is 19.5 Å². The van der Waals surface area contributed by atoms with Gasteiger partial charge in [-0.3, -0.25) is 4.68 Å². The fourth-order valence-corrected chi connectivity index (χ4v) is 4.83. The average molecular weight is 484 g/mol. The number of hydrogen-bond acceptors (Lipinski definition) is 8. The summed E-state index contributed by atoms with van der Waals surface area (Å²) in [6.45, 7) is 5.68. The molecule has 0 aliphatic heterocycles. The van der Waals surface area contributed by atoms with E-state index in [0.717, 1.165) is 61.2 Å². The second-order valence-corrected chi connectivity index (χ2v) is 8.75. The first-order valence-electron chi connectivity index (χ1n) is 11.5. The lowest BCUT2D eigenvalue weighted by atomic mass is 10.0. The van der Waals surface area contributed by atoms with Gasteiger partial charge in [0.15, 0.2) is 5.82 Å². The zero-order chi connectivity index (χ0) is 25.1. The molecule has 6 rings (SSSR count). The molecule has 0 fully saturated rings. The highest BCUT2D eigenvalue weighted by atomic mass is 16.5. The molecule has 36 heavy (non-hydrogen) atoms. The van der Waals surface area contributed by atoms with Crippen LogP contribution in [0, 0.1) is 20.8 Å². The summed E-state index contributed by atoms with van der Waals surface area (Å²) in [4.78, 5) is 12.9. The normalized spacial score (nSPS) is 11.6. The Bertz CT molecular complexity index is 1780. The van der Waals surface area contributed by atoms with Crippen molar-refractivity contribution in [1.29, 1.82) is 0 Å². The Balaban J connectivity index is 1.57. The molecule has 0 aliphatic carbocycles. The molecule has 0 amide bonds. The molecule has 0 atom stereocenters. The summed E-state index contributed by atoms with van der Waals surface area (Å²) in [5.74, 6) is 4.16. The van der Waals surface area contributed by atoms with Crippen LogP contribution in [0.1, 0.15) is 17.3 Å². The van der Waals surface area contributed by atoms with E-state index < -0.39 is 0 Å². The highest BCUT2D eigenvalue weighted by molar-refractivity contribution is 6.13. The Morgan fingerprint density at radius 3 is 2.53 bits per heavy atom. The van der Waals surface area contributed by atoms with E-state index in [2.05, 4.69) is 20.4 Å². The number of aryl methyl sites for hydroxylation is 4. The number of fused-ring (bicyclic) bond motifs is 4. The highest BCUT2D eigenvalue weighted by Gasteiger charge is 2.21. The van der Waals surface area contributed by atoms with Crippen LogP contribution in [0.4, 0.5) is 11.6 Å². The Kier molecular flexibility index (Phi) is 4.85. The summed E-state index contributed by atoms with van der Waals surface area (Å²) >= 11 is 0. The molecular weight excluding hydrogens is 458 g/mol. The number of nitrogens with one attached hydrogen (secondary N) is 2. The highest BCUT2D eigenvalue weighted by Crippen LogP contribution is 2.41. The van der Waals surface area contributed by atoms with Gasteiger partial charge in [-0.2, -0.15) is 5.10 Å². The molecule has 0 saturated heterocycles. The fraction of sp³-hybridized carbons (Fsp3) is 0.231. The van der Waals surface area contributed by atoms with Crippen LogP contribution in [-0.4, -0.2) is 44.1 Å². The molecular formula is C26H25N7O3.